The number of benzene rings is 1. The van der Waals surface area contributed by atoms with E-state index >= 15 is 0 Å². The van der Waals surface area contributed by atoms with Crippen molar-refractivity contribution >= 4 is 17.7 Å². The molecule has 1 aliphatic heterocycles. The third kappa shape index (κ3) is 4.17. The standard InChI is InChI=1S/C20H21N3O2S/c1-2-26-18-8-4-3-7-17(18)20(24)23-12-9-16(10-13-23)25-19-15(14-21)6-5-11-22-19/h3-8,11,16H,2,9-10,12-13H2,1H3. The third-order valence-corrected chi connectivity index (χ3v) is 5.27. The zero-order valence-electron chi connectivity index (χ0n) is 14.7. The second-order valence-corrected chi connectivity index (χ2v) is 7.31. The Balaban J connectivity index is 1.62. The summed E-state index contributed by atoms with van der Waals surface area (Å²) in [6, 6.07) is 13.3. The van der Waals surface area contributed by atoms with Crippen LogP contribution in [-0.2, 0) is 0 Å². The minimum absolute atomic E-state index is 0.0266. The van der Waals surface area contributed by atoms with Crippen molar-refractivity contribution in [2.45, 2.75) is 30.8 Å². The molecule has 5 nitrogen and oxygen atoms in total. The number of thioether (sulfide) groups is 1. The number of nitrogens with zero attached hydrogens (tertiary/aromatic N) is 3. The van der Waals surface area contributed by atoms with Crippen molar-refractivity contribution in [3.8, 4) is 11.9 Å². The molecule has 1 aliphatic rings. The van der Waals surface area contributed by atoms with E-state index in [2.05, 4.69) is 18.0 Å². The molecule has 0 aliphatic carbocycles. The number of hydrogen-bond acceptors (Lipinski definition) is 5. The molecule has 1 aromatic heterocycles. The van der Waals surface area contributed by atoms with Crippen LogP contribution in [0.1, 0.15) is 35.7 Å². The zero-order chi connectivity index (χ0) is 18.4. The molecule has 0 atom stereocenters. The predicted octanol–water partition coefficient (Wildman–Crippen LogP) is 3.75. The van der Waals surface area contributed by atoms with Gasteiger partial charge in [-0.05, 0) is 30.0 Å². The summed E-state index contributed by atoms with van der Waals surface area (Å²) in [5.74, 6) is 1.39. The second-order valence-electron chi connectivity index (χ2n) is 6.01. The Labute approximate surface area is 158 Å². The van der Waals surface area contributed by atoms with E-state index in [0.717, 1.165) is 29.1 Å². The molecule has 0 N–H and O–H groups in total. The molecule has 26 heavy (non-hydrogen) atoms. The molecule has 3 rings (SSSR count). The highest BCUT2D eigenvalue weighted by Gasteiger charge is 2.26. The normalized spacial score (nSPS) is 14.7. The van der Waals surface area contributed by atoms with E-state index in [0.29, 0.717) is 24.5 Å². The van der Waals surface area contributed by atoms with Crippen LogP contribution in [0.5, 0.6) is 5.88 Å². The maximum Gasteiger partial charge on any atom is 0.254 e. The minimum atomic E-state index is -0.0266. The van der Waals surface area contributed by atoms with Gasteiger partial charge < -0.3 is 9.64 Å². The molecule has 134 valence electrons. The number of amides is 1. The summed E-state index contributed by atoms with van der Waals surface area (Å²) in [6.07, 6.45) is 3.06. The maximum absolute atomic E-state index is 12.9. The fourth-order valence-corrected chi connectivity index (χ4v) is 3.80. The fourth-order valence-electron chi connectivity index (χ4n) is 3.00. The predicted molar refractivity (Wildman–Crippen MR) is 101 cm³/mol. The molecule has 0 spiro atoms. The number of piperidine rings is 1. The first kappa shape index (κ1) is 18.3. The first-order valence-corrected chi connectivity index (χ1v) is 9.74. The molecule has 2 heterocycles. The van der Waals surface area contributed by atoms with E-state index in [-0.39, 0.29) is 12.0 Å². The lowest BCUT2D eigenvalue weighted by Crippen LogP contribution is -2.42. The highest BCUT2D eigenvalue weighted by molar-refractivity contribution is 7.99. The topological polar surface area (TPSA) is 66.2 Å². The highest BCUT2D eigenvalue weighted by Crippen LogP contribution is 2.26. The van der Waals surface area contributed by atoms with Crippen LogP contribution in [0.3, 0.4) is 0 Å². The van der Waals surface area contributed by atoms with Crippen molar-refractivity contribution in [3.63, 3.8) is 0 Å². The zero-order valence-corrected chi connectivity index (χ0v) is 15.5. The molecule has 0 radical (unpaired) electrons. The Hall–Kier alpha value is -2.52. The number of carbonyl (C=O) groups is 1. The first-order chi connectivity index (χ1) is 12.7. The molecule has 1 saturated heterocycles. The Morgan fingerprint density at radius 1 is 1.31 bits per heavy atom. The largest absolute Gasteiger partial charge is 0.473 e. The number of ether oxygens (including phenoxy) is 1. The molecule has 2 aromatic rings. The van der Waals surface area contributed by atoms with E-state index < -0.39 is 0 Å². The lowest BCUT2D eigenvalue weighted by atomic mass is 10.1. The molecule has 1 amide bonds. The van der Waals surface area contributed by atoms with Gasteiger partial charge in [-0.2, -0.15) is 5.26 Å². The Morgan fingerprint density at radius 3 is 2.81 bits per heavy atom. The summed E-state index contributed by atoms with van der Waals surface area (Å²) >= 11 is 1.69. The maximum atomic E-state index is 12.9. The fraction of sp³-hybridized carbons (Fsp3) is 0.350. The van der Waals surface area contributed by atoms with E-state index in [1.807, 2.05) is 29.2 Å². The molecule has 0 unspecified atom stereocenters. The Morgan fingerprint density at radius 2 is 2.08 bits per heavy atom. The van der Waals surface area contributed by atoms with Crippen molar-refractivity contribution in [2.75, 3.05) is 18.8 Å². The van der Waals surface area contributed by atoms with Gasteiger partial charge in [0.05, 0.1) is 5.56 Å². The van der Waals surface area contributed by atoms with Gasteiger partial charge in [0.15, 0.2) is 0 Å². The summed E-state index contributed by atoms with van der Waals surface area (Å²) in [6.45, 7) is 3.37. The average molecular weight is 367 g/mol. The van der Waals surface area contributed by atoms with E-state index in [9.17, 15) is 4.79 Å². The van der Waals surface area contributed by atoms with Gasteiger partial charge in [0, 0.05) is 37.0 Å². The van der Waals surface area contributed by atoms with Crippen LogP contribution in [0, 0.1) is 11.3 Å². The molecule has 0 bridgehead atoms. The van der Waals surface area contributed by atoms with Crippen molar-refractivity contribution in [1.82, 2.24) is 9.88 Å². The van der Waals surface area contributed by atoms with Gasteiger partial charge in [0.2, 0.25) is 5.88 Å². The SMILES string of the molecule is CCSc1ccccc1C(=O)N1CCC(Oc2ncccc2C#N)CC1. The highest BCUT2D eigenvalue weighted by atomic mass is 32.2. The van der Waals surface area contributed by atoms with Gasteiger partial charge in [-0.3, -0.25) is 4.79 Å². The summed E-state index contributed by atoms with van der Waals surface area (Å²) < 4.78 is 5.90. The summed E-state index contributed by atoms with van der Waals surface area (Å²) in [5, 5.41) is 9.13. The molecule has 1 aromatic carbocycles. The van der Waals surface area contributed by atoms with Crippen molar-refractivity contribution < 1.29 is 9.53 Å². The van der Waals surface area contributed by atoms with Gasteiger partial charge in [-0.1, -0.05) is 19.1 Å². The molecule has 0 saturated carbocycles. The molecular formula is C20H21N3O2S. The quantitative estimate of drug-likeness (QED) is 0.753. The van der Waals surface area contributed by atoms with Crippen LogP contribution < -0.4 is 4.74 Å². The first-order valence-electron chi connectivity index (χ1n) is 8.75. The number of carbonyl (C=O) groups excluding carboxylic acids is 1. The lowest BCUT2D eigenvalue weighted by Gasteiger charge is -2.32. The van der Waals surface area contributed by atoms with Crippen LogP contribution in [0.25, 0.3) is 0 Å². The molecule has 6 heteroatoms. The number of hydrogen-bond donors (Lipinski definition) is 0. The smallest absolute Gasteiger partial charge is 0.254 e. The number of likely N-dealkylation sites (tertiary alicyclic amines) is 1. The summed E-state index contributed by atoms with van der Waals surface area (Å²) in [5.41, 5.74) is 1.21. The van der Waals surface area contributed by atoms with Crippen LogP contribution >= 0.6 is 11.8 Å². The number of aromatic nitrogens is 1. The average Bonchev–Trinajstić information content (AvgIpc) is 2.69. The number of rotatable bonds is 5. The molecule has 1 fully saturated rings. The van der Waals surface area contributed by atoms with Gasteiger partial charge in [0.1, 0.15) is 17.7 Å². The second kappa shape index (κ2) is 8.72. The summed E-state index contributed by atoms with van der Waals surface area (Å²) in [4.78, 5) is 19.9. The van der Waals surface area contributed by atoms with Crippen LogP contribution in [-0.4, -0.2) is 40.7 Å². The molecular weight excluding hydrogens is 346 g/mol. The van der Waals surface area contributed by atoms with E-state index in [1.165, 1.54) is 0 Å². The van der Waals surface area contributed by atoms with E-state index in [1.54, 1.807) is 30.1 Å². The van der Waals surface area contributed by atoms with Crippen LogP contribution in [0.2, 0.25) is 0 Å². The van der Waals surface area contributed by atoms with Crippen LogP contribution in [0.4, 0.5) is 0 Å². The number of nitriles is 1. The van der Waals surface area contributed by atoms with Gasteiger partial charge in [-0.15, -0.1) is 11.8 Å². The minimum Gasteiger partial charge on any atom is -0.473 e. The van der Waals surface area contributed by atoms with E-state index in [4.69, 9.17) is 10.00 Å². The number of pyridine rings is 1. The van der Waals surface area contributed by atoms with Gasteiger partial charge in [0.25, 0.3) is 5.91 Å². The van der Waals surface area contributed by atoms with Crippen molar-refractivity contribution in [3.05, 3.63) is 53.7 Å². The Kier molecular flexibility index (Phi) is 6.13. The lowest BCUT2D eigenvalue weighted by molar-refractivity contribution is 0.0584. The van der Waals surface area contributed by atoms with Gasteiger partial charge >= 0.3 is 0 Å². The van der Waals surface area contributed by atoms with Gasteiger partial charge in [-0.25, -0.2) is 4.98 Å². The van der Waals surface area contributed by atoms with Crippen molar-refractivity contribution in [2.24, 2.45) is 0 Å². The summed E-state index contributed by atoms with van der Waals surface area (Å²) in [7, 11) is 0. The third-order valence-electron chi connectivity index (χ3n) is 4.32. The monoisotopic (exact) mass is 367 g/mol. The van der Waals surface area contributed by atoms with Crippen molar-refractivity contribution in [1.29, 1.82) is 5.26 Å². The van der Waals surface area contributed by atoms with Crippen LogP contribution in [0.15, 0.2) is 47.5 Å². The Bertz CT molecular complexity index is 811.